The zero-order chi connectivity index (χ0) is 30.2. The fourth-order valence-electron chi connectivity index (χ4n) is 5.87. The topological polar surface area (TPSA) is 135 Å². The summed E-state index contributed by atoms with van der Waals surface area (Å²) in [4.78, 5) is 24.0. The molecule has 13 heteroatoms. The van der Waals surface area contributed by atoms with Crippen LogP contribution in [0.15, 0.2) is 30.6 Å². The van der Waals surface area contributed by atoms with Crippen molar-refractivity contribution in [3.63, 3.8) is 0 Å². The molecule has 3 N–H and O–H groups in total. The number of anilines is 2. The highest BCUT2D eigenvalue weighted by atomic mass is 32.2. The second-order valence-corrected chi connectivity index (χ2v) is 13.0. The second kappa shape index (κ2) is 11.7. The average Bonchev–Trinajstić information content (AvgIpc) is 3.12. The predicted octanol–water partition coefficient (Wildman–Crippen LogP) is 2.80. The minimum atomic E-state index is -3.68. The lowest BCUT2D eigenvalue weighted by molar-refractivity contribution is -0.126. The van der Waals surface area contributed by atoms with Gasteiger partial charge in [-0.2, -0.15) is 0 Å². The van der Waals surface area contributed by atoms with E-state index in [1.165, 1.54) is 18.3 Å². The summed E-state index contributed by atoms with van der Waals surface area (Å²) in [6, 6.07) is 4.96. The number of methoxy groups -OCH3 is 1. The van der Waals surface area contributed by atoms with Crippen LogP contribution in [-0.2, 0) is 25.0 Å². The number of fused-ring (bicyclic) bond motifs is 4. The Balaban J connectivity index is 1.54. The number of rotatable bonds is 12. The molecule has 0 saturated heterocycles. The van der Waals surface area contributed by atoms with E-state index in [1.807, 2.05) is 13.8 Å². The molecule has 0 bridgehead atoms. The number of benzene rings is 1. The van der Waals surface area contributed by atoms with Crippen LogP contribution in [0.4, 0.5) is 15.8 Å². The summed E-state index contributed by atoms with van der Waals surface area (Å²) < 4.78 is 53.2. The smallest absolute Gasteiger partial charge is 0.238 e. The van der Waals surface area contributed by atoms with Crippen LogP contribution in [0.25, 0.3) is 22.0 Å². The zero-order valence-corrected chi connectivity index (χ0v) is 25.3. The van der Waals surface area contributed by atoms with Crippen molar-refractivity contribution < 1.29 is 27.1 Å². The Morgan fingerprint density at radius 3 is 2.60 bits per heavy atom. The number of sulfonamides is 1. The third-order valence-corrected chi connectivity index (χ3v) is 8.36. The molecule has 1 fully saturated rings. The summed E-state index contributed by atoms with van der Waals surface area (Å²) in [6.07, 6.45) is 5.33. The van der Waals surface area contributed by atoms with E-state index < -0.39 is 21.3 Å². The third-order valence-electron chi connectivity index (χ3n) is 7.77. The Kier molecular flexibility index (Phi) is 8.39. The van der Waals surface area contributed by atoms with E-state index in [0.717, 1.165) is 11.8 Å². The van der Waals surface area contributed by atoms with Gasteiger partial charge < -0.3 is 25.0 Å². The molecule has 1 spiro atoms. The largest absolute Gasteiger partial charge is 0.475 e. The van der Waals surface area contributed by atoms with Crippen molar-refractivity contribution in [2.75, 3.05) is 56.3 Å². The average molecular weight is 601 g/mol. The molecule has 0 atom stereocenters. The first-order valence-electron chi connectivity index (χ1n) is 13.9. The molecule has 42 heavy (non-hydrogen) atoms. The van der Waals surface area contributed by atoms with Gasteiger partial charge in [-0.05, 0) is 25.0 Å². The van der Waals surface area contributed by atoms with Crippen LogP contribution in [0, 0.1) is 5.82 Å². The molecule has 3 aromatic rings. The molecular formula is C29H37FN6O5S. The first-order valence-corrected chi connectivity index (χ1v) is 15.8. The number of halogens is 1. The van der Waals surface area contributed by atoms with E-state index in [2.05, 4.69) is 25.3 Å². The number of nitrogens with zero attached hydrogens (tertiary/aromatic N) is 3. The molecular weight excluding hydrogens is 563 g/mol. The van der Waals surface area contributed by atoms with Gasteiger partial charge in [0.15, 0.2) is 0 Å². The van der Waals surface area contributed by atoms with E-state index in [-0.39, 0.29) is 41.7 Å². The van der Waals surface area contributed by atoms with E-state index in [4.69, 9.17) is 9.47 Å². The first kappa shape index (κ1) is 30.1. The van der Waals surface area contributed by atoms with Crippen LogP contribution in [0.1, 0.15) is 32.3 Å². The van der Waals surface area contributed by atoms with Crippen LogP contribution in [-0.4, -0.2) is 83.1 Å². The maximum absolute atomic E-state index is 15.6. The Labute approximate surface area is 245 Å². The maximum atomic E-state index is 15.6. The molecule has 1 aliphatic heterocycles. The standard InChI is InChI=1S/C29H37FN6O5S/c1-17(2)31-7-9-41-27-24(35-42(5,38)39)10-18(15-34-27)20-11-21-23(12-22(20)30)33-16-25-26(21)29(28(37)36(25)3)13-19(14-29)32-6-8-40-4/h10-12,15-17,19,31-32,35H,6-9,13-14H2,1-5H3. The number of hydrogen-bond acceptors (Lipinski definition) is 9. The van der Waals surface area contributed by atoms with Crippen LogP contribution in [0.3, 0.4) is 0 Å². The van der Waals surface area contributed by atoms with Gasteiger partial charge in [-0.3, -0.25) is 14.5 Å². The number of pyridine rings is 2. The molecule has 1 amide bonds. The van der Waals surface area contributed by atoms with Crippen LogP contribution in [0.2, 0.25) is 0 Å². The molecule has 0 unspecified atom stereocenters. The normalized spacial score (nSPS) is 19.9. The maximum Gasteiger partial charge on any atom is 0.238 e. The lowest BCUT2D eigenvalue weighted by atomic mass is 9.61. The number of aromatic nitrogens is 2. The monoisotopic (exact) mass is 600 g/mol. The summed E-state index contributed by atoms with van der Waals surface area (Å²) in [5.74, 6) is -0.459. The fraction of sp³-hybridized carbons (Fsp3) is 0.483. The molecule has 5 rings (SSSR count). The quantitative estimate of drug-likeness (QED) is 0.268. The van der Waals surface area contributed by atoms with Gasteiger partial charge in [-0.1, -0.05) is 13.8 Å². The third kappa shape index (κ3) is 5.78. The molecule has 2 aromatic heterocycles. The number of likely N-dealkylation sites (N-methyl/N-ethyl adjacent to an activating group) is 1. The van der Waals surface area contributed by atoms with Gasteiger partial charge in [0, 0.05) is 73.7 Å². The van der Waals surface area contributed by atoms with Crippen molar-refractivity contribution in [3.8, 4) is 17.0 Å². The number of hydrogen-bond donors (Lipinski definition) is 3. The van der Waals surface area contributed by atoms with Gasteiger partial charge in [0.2, 0.25) is 21.8 Å². The molecule has 1 aliphatic carbocycles. The van der Waals surface area contributed by atoms with Crippen molar-refractivity contribution in [1.29, 1.82) is 0 Å². The molecule has 0 radical (unpaired) electrons. The molecule has 1 saturated carbocycles. The highest BCUT2D eigenvalue weighted by molar-refractivity contribution is 7.92. The number of nitrogens with one attached hydrogen (secondary N) is 3. The Hall–Kier alpha value is -3.39. The summed E-state index contributed by atoms with van der Waals surface area (Å²) in [5, 5.41) is 7.33. The molecule has 3 heterocycles. The lowest BCUT2D eigenvalue weighted by Gasteiger charge is -2.44. The zero-order valence-electron chi connectivity index (χ0n) is 24.5. The van der Waals surface area contributed by atoms with Gasteiger partial charge in [-0.15, -0.1) is 0 Å². The van der Waals surface area contributed by atoms with Gasteiger partial charge in [0.1, 0.15) is 18.1 Å². The summed E-state index contributed by atoms with van der Waals surface area (Å²) in [7, 11) is -0.295. The van der Waals surface area contributed by atoms with E-state index in [9.17, 15) is 13.2 Å². The van der Waals surface area contributed by atoms with Gasteiger partial charge in [-0.25, -0.2) is 17.8 Å². The fourth-order valence-corrected chi connectivity index (χ4v) is 6.42. The Morgan fingerprint density at radius 1 is 1.14 bits per heavy atom. The van der Waals surface area contributed by atoms with Crippen molar-refractivity contribution in [2.24, 2.45) is 0 Å². The molecule has 1 aromatic carbocycles. The Bertz CT molecular complexity index is 1610. The van der Waals surface area contributed by atoms with Gasteiger partial charge in [0.25, 0.3) is 0 Å². The number of carbonyl (C=O) groups is 1. The molecule has 11 nitrogen and oxygen atoms in total. The summed E-state index contributed by atoms with van der Waals surface area (Å²) >= 11 is 0. The lowest BCUT2D eigenvalue weighted by Crippen LogP contribution is -2.56. The molecule has 2 aliphatic rings. The minimum Gasteiger partial charge on any atom is -0.475 e. The molecule has 226 valence electrons. The van der Waals surface area contributed by atoms with Crippen LogP contribution < -0.4 is 25.0 Å². The van der Waals surface area contributed by atoms with Gasteiger partial charge >= 0.3 is 0 Å². The number of amides is 1. The number of carbonyl (C=O) groups excluding carboxylic acids is 1. The van der Waals surface area contributed by atoms with Crippen molar-refractivity contribution >= 4 is 38.2 Å². The van der Waals surface area contributed by atoms with E-state index >= 15 is 4.39 Å². The second-order valence-electron chi connectivity index (χ2n) is 11.3. The van der Waals surface area contributed by atoms with Crippen molar-refractivity contribution in [1.82, 2.24) is 20.6 Å². The van der Waals surface area contributed by atoms with Crippen molar-refractivity contribution in [2.45, 2.75) is 44.2 Å². The summed E-state index contributed by atoms with van der Waals surface area (Å²) in [6.45, 7) is 6.07. The minimum absolute atomic E-state index is 0.00256. The first-order chi connectivity index (χ1) is 19.9. The highest BCUT2D eigenvalue weighted by Crippen LogP contribution is 2.55. The number of ether oxygens (including phenoxy) is 2. The Morgan fingerprint density at radius 2 is 1.90 bits per heavy atom. The van der Waals surface area contributed by atoms with Crippen molar-refractivity contribution in [3.05, 3.63) is 42.0 Å². The predicted molar refractivity (Wildman–Crippen MR) is 160 cm³/mol. The SMILES string of the molecule is COCCNC1CC2(C1)C(=O)N(C)c1cnc3cc(F)c(-c4cnc(OCCNC(C)C)c(NS(C)(=O)=O)c4)cc3c12. The van der Waals surface area contributed by atoms with E-state index in [1.54, 1.807) is 31.3 Å². The van der Waals surface area contributed by atoms with Crippen LogP contribution in [0.5, 0.6) is 5.88 Å². The van der Waals surface area contributed by atoms with E-state index in [0.29, 0.717) is 54.7 Å². The van der Waals surface area contributed by atoms with Crippen LogP contribution >= 0.6 is 0 Å². The van der Waals surface area contributed by atoms with Gasteiger partial charge in [0.05, 0.1) is 35.7 Å². The highest BCUT2D eigenvalue weighted by Gasteiger charge is 2.58. The summed E-state index contributed by atoms with van der Waals surface area (Å²) in [5.41, 5.74) is 1.92.